The number of para-hydroxylation sites is 2. The van der Waals surface area contributed by atoms with Crippen LogP contribution in [0.1, 0.15) is 45.0 Å². The number of nitrogens with one attached hydrogen (secondary N) is 2. The molecule has 0 heterocycles. The molecule has 0 unspecified atom stereocenters. The van der Waals surface area contributed by atoms with Crippen LogP contribution in [0.4, 0.5) is 11.4 Å². The van der Waals surface area contributed by atoms with Gasteiger partial charge in [-0.3, -0.25) is 0 Å². The van der Waals surface area contributed by atoms with E-state index in [0.717, 1.165) is 22.8 Å². The van der Waals surface area contributed by atoms with Crippen LogP contribution in [0.5, 0.6) is 0 Å². The van der Waals surface area contributed by atoms with Crippen molar-refractivity contribution >= 4 is 70.7 Å². The van der Waals surface area contributed by atoms with Gasteiger partial charge in [0.2, 0.25) is 0 Å². The summed E-state index contributed by atoms with van der Waals surface area (Å²) >= 11 is 0.468. The second-order valence-corrected chi connectivity index (χ2v) is 14.7. The van der Waals surface area contributed by atoms with Gasteiger partial charge in [0, 0.05) is 0 Å². The Morgan fingerprint density at radius 3 is 1.28 bits per heavy atom. The molecule has 0 bridgehead atoms. The van der Waals surface area contributed by atoms with Gasteiger partial charge in [0.25, 0.3) is 0 Å². The van der Waals surface area contributed by atoms with Crippen LogP contribution in [0.2, 0.25) is 0 Å². The number of carbonyl (C=O) groups excluding carboxylic acids is 2. The zero-order chi connectivity index (χ0) is 33.9. The number of benzene rings is 5. The summed E-state index contributed by atoms with van der Waals surface area (Å²) in [6.07, 6.45) is 3.27. The number of allylic oxidation sites excluding steroid dienone is 4. The summed E-state index contributed by atoms with van der Waals surface area (Å²) in [5.41, 5.74) is 4.54. The van der Waals surface area contributed by atoms with Gasteiger partial charge in [-0.05, 0) is 0 Å². The number of hydrogen-bond donors (Lipinski definition) is 2. The number of ketones is 2. The van der Waals surface area contributed by atoms with Gasteiger partial charge in [-0.25, -0.2) is 0 Å². The van der Waals surface area contributed by atoms with E-state index in [1.807, 2.05) is 82.3 Å². The quantitative estimate of drug-likeness (QED) is 0.0885. The fourth-order valence-electron chi connectivity index (χ4n) is 4.23. The number of hydrogen-bond acceptors (Lipinski definition) is 4. The number of anilines is 2. The minimum absolute atomic E-state index is 0.0108. The summed E-state index contributed by atoms with van der Waals surface area (Å²) in [4.78, 5) is 23.4. The van der Waals surface area contributed by atoms with Crippen LogP contribution in [0.3, 0.4) is 0 Å². The topological polar surface area (TPSA) is 58.2 Å². The van der Waals surface area contributed by atoms with E-state index in [9.17, 15) is 9.59 Å². The summed E-state index contributed by atoms with van der Waals surface area (Å²) in [7, 11) is 0. The zero-order valence-corrected chi connectivity index (χ0v) is 31.0. The average molecular weight is 753 g/mol. The Hall–Kier alpha value is -4.44. The summed E-state index contributed by atoms with van der Waals surface area (Å²) in [6, 6.07) is 46.8. The van der Waals surface area contributed by atoms with Crippen molar-refractivity contribution in [2.24, 2.45) is 0 Å². The normalized spacial score (nSPS) is 10.8. The Balaban J connectivity index is 0.000000248. The molecule has 0 aliphatic carbocycles. The molecule has 0 aromatic heterocycles. The van der Waals surface area contributed by atoms with Crippen molar-refractivity contribution in [2.75, 3.05) is 10.6 Å². The molecule has 0 spiro atoms. The van der Waals surface area contributed by atoms with Crippen LogP contribution in [0, 0.1) is 0 Å². The average Bonchev–Trinajstić information content (AvgIpc) is 3.09. The van der Waals surface area contributed by atoms with Gasteiger partial charge in [-0.2, -0.15) is 0 Å². The van der Waals surface area contributed by atoms with Crippen molar-refractivity contribution in [1.29, 1.82) is 0 Å². The molecule has 2 N–H and O–H groups in total. The first-order valence-corrected chi connectivity index (χ1v) is 18.9. The van der Waals surface area contributed by atoms with E-state index in [4.69, 9.17) is 0 Å². The van der Waals surface area contributed by atoms with Crippen molar-refractivity contribution in [3.63, 3.8) is 0 Å². The zero-order valence-electron chi connectivity index (χ0n) is 27.6. The van der Waals surface area contributed by atoms with Gasteiger partial charge < -0.3 is 0 Å². The van der Waals surface area contributed by atoms with Crippen LogP contribution >= 0.6 is 0 Å². The second-order valence-electron chi connectivity index (χ2n) is 10.1. The van der Waals surface area contributed by atoms with Gasteiger partial charge in [0.15, 0.2) is 0 Å². The summed E-state index contributed by atoms with van der Waals surface area (Å²) in [5, 5.41) is 6.71. The Morgan fingerprint density at radius 1 is 0.489 bits per heavy atom. The van der Waals surface area contributed by atoms with Crippen molar-refractivity contribution in [2.45, 2.75) is 34.6 Å². The van der Waals surface area contributed by atoms with E-state index in [0.29, 0.717) is 5.56 Å². The second kappa shape index (κ2) is 20.6. The molecule has 5 aromatic carbocycles. The molecule has 240 valence electrons. The molecular weight excluding hydrogens is 710 g/mol. The van der Waals surface area contributed by atoms with Crippen molar-refractivity contribution < 1.29 is 9.59 Å². The predicted molar refractivity (Wildman–Crippen MR) is 203 cm³/mol. The van der Waals surface area contributed by atoms with Crippen LogP contribution in [-0.4, -0.2) is 41.5 Å². The first-order valence-electron chi connectivity index (χ1n) is 15.5. The predicted octanol–water partition coefficient (Wildman–Crippen LogP) is 6.81. The van der Waals surface area contributed by atoms with Gasteiger partial charge in [-0.15, -0.1) is 0 Å². The minimum atomic E-state index is 0.0108. The van der Waals surface area contributed by atoms with Crippen molar-refractivity contribution in [3.05, 3.63) is 169 Å². The third-order valence-electron chi connectivity index (χ3n) is 6.21. The first kappa shape index (κ1) is 37.0. The molecule has 0 amide bonds. The maximum atomic E-state index is 12.3. The molecule has 6 heteroatoms. The summed E-state index contributed by atoms with van der Waals surface area (Å²) in [6.45, 7) is 9.39. The molecule has 47 heavy (non-hydrogen) atoms. The molecule has 0 radical (unpaired) electrons. The van der Waals surface area contributed by atoms with E-state index in [2.05, 4.69) is 95.6 Å². The summed E-state index contributed by atoms with van der Waals surface area (Å²) in [5.74, 6) is 0.0673. The SMILES string of the molecule is C/C(=C/C(=O)c1ccccc1)Nc1ccccc1[Se]c1ccccc1.CC.CC(=O)/C=C(/C)Nc1ccccc1[Se]c1ccccc1. The fourth-order valence-corrected chi connectivity index (χ4v) is 8.11. The first-order chi connectivity index (χ1) is 22.9. The Morgan fingerprint density at radius 2 is 0.851 bits per heavy atom. The van der Waals surface area contributed by atoms with Crippen LogP contribution in [0.15, 0.2) is 163 Å². The molecule has 0 atom stereocenters. The Labute approximate surface area is 292 Å². The molecule has 4 nitrogen and oxygen atoms in total. The Bertz CT molecular complexity index is 1750. The van der Waals surface area contributed by atoms with E-state index in [1.165, 1.54) is 17.8 Å². The molecule has 0 fully saturated rings. The molecule has 0 aliphatic heterocycles. The van der Waals surface area contributed by atoms with Crippen LogP contribution in [0.25, 0.3) is 0 Å². The Kier molecular flexibility index (Phi) is 16.3. The van der Waals surface area contributed by atoms with E-state index >= 15 is 0 Å². The third kappa shape index (κ3) is 13.4. The molecule has 0 saturated carbocycles. The molecule has 0 saturated heterocycles. The molecule has 5 aromatic rings. The summed E-state index contributed by atoms with van der Waals surface area (Å²) < 4.78 is 5.21. The van der Waals surface area contributed by atoms with E-state index in [1.54, 1.807) is 19.1 Å². The standard InChI is InChI=1S/C22H19NOSe.C17H17NOSe.C2H6/c1-17(16-21(24)18-10-4-2-5-11-18)23-20-14-8-9-15-22(20)25-19-12-6-3-7-13-19;1-13(12-14(2)19)18-16-10-6-7-11-17(16)20-15-8-4-3-5-9-15;1-2/h2-16,23H,1H3;3-12,18H,1-2H3;1-2H3/b17-16-;13-12-;. The van der Waals surface area contributed by atoms with Crippen LogP contribution < -0.4 is 28.5 Å². The van der Waals surface area contributed by atoms with Gasteiger partial charge in [-0.1, -0.05) is 13.8 Å². The van der Waals surface area contributed by atoms with Crippen LogP contribution in [-0.2, 0) is 4.79 Å². The monoisotopic (exact) mass is 754 g/mol. The van der Waals surface area contributed by atoms with Gasteiger partial charge in [0.05, 0.1) is 0 Å². The third-order valence-corrected chi connectivity index (χ3v) is 10.8. The molecule has 0 aliphatic rings. The maximum absolute atomic E-state index is 12.3. The van der Waals surface area contributed by atoms with Crippen molar-refractivity contribution in [1.82, 2.24) is 0 Å². The van der Waals surface area contributed by atoms with Crippen molar-refractivity contribution in [3.8, 4) is 0 Å². The molecule has 5 rings (SSSR count). The van der Waals surface area contributed by atoms with E-state index < -0.39 is 0 Å². The van der Waals surface area contributed by atoms with Gasteiger partial charge >= 0.3 is 280 Å². The van der Waals surface area contributed by atoms with E-state index in [-0.39, 0.29) is 41.5 Å². The molecular formula is C41H42N2O2Se2. The number of rotatable bonds is 11. The fraction of sp³-hybridized carbons (Fsp3) is 0.122. The van der Waals surface area contributed by atoms with Gasteiger partial charge in [0.1, 0.15) is 0 Å². The number of carbonyl (C=O) groups is 2.